The van der Waals surface area contributed by atoms with Crippen molar-refractivity contribution in [2.75, 3.05) is 34.4 Å². The molecule has 1 aromatic rings. The second kappa shape index (κ2) is 10.3. The van der Waals surface area contributed by atoms with Crippen molar-refractivity contribution in [3.63, 3.8) is 0 Å². The van der Waals surface area contributed by atoms with Crippen LogP contribution in [-0.4, -0.2) is 45.4 Å². The van der Waals surface area contributed by atoms with E-state index in [1.54, 1.807) is 32.4 Å². The van der Waals surface area contributed by atoms with Gasteiger partial charge in [-0.15, -0.1) is 12.4 Å². The van der Waals surface area contributed by atoms with Crippen molar-refractivity contribution in [1.82, 2.24) is 10.6 Å². The van der Waals surface area contributed by atoms with Gasteiger partial charge in [0.1, 0.15) is 11.5 Å². The number of halogens is 1. The van der Waals surface area contributed by atoms with Crippen LogP contribution in [0.1, 0.15) is 18.1 Å². The first-order valence-corrected chi connectivity index (χ1v) is 6.43. The van der Waals surface area contributed by atoms with Crippen molar-refractivity contribution in [3.05, 3.63) is 23.8 Å². The molecule has 0 saturated carbocycles. The molecule has 1 amide bonds. The molecule has 0 aromatic heterocycles. The van der Waals surface area contributed by atoms with E-state index in [2.05, 4.69) is 10.6 Å². The van der Waals surface area contributed by atoms with Gasteiger partial charge in [0.15, 0.2) is 0 Å². The van der Waals surface area contributed by atoms with Crippen molar-refractivity contribution < 1.29 is 19.4 Å². The van der Waals surface area contributed by atoms with Crippen LogP contribution in [0, 0.1) is 0 Å². The molecule has 3 N–H and O–H groups in total. The Morgan fingerprint density at radius 1 is 1.33 bits per heavy atom. The molecule has 0 aliphatic heterocycles. The van der Waals surface area contributed by atoms with Crippen LogP contribution < -0.4 is 20.1 Å². The number of aliphatic hydroxyl groups excluding tert-OH is 1. The van der Waals surface area contributed by atoms with E-state index in [1.165, 1.54) is 7.11 Å². The topological polar surface area (TPSA) is 79.8 Å². The highest BCUT2D eigenvalue weighted by Crippen LogP contribution is 2.28. The lowest BCUT2D eigenvalue weighted by molar-refractivity contribution is -0.121. The van der Waals surface area contributed by atoms with Crippen LogP contribution >= 0.6 is 12.4 Å². The summed E-state index contributed by atoms with van der Waals surface area (Å²) in [5.74, 6) is 1.07. The molecule has 120 valence electrons. The van der Waals surface area contributed by atoms with Gasteiger partial charge in [0, 0.05) is 25.1 Å². The highest BCUT2D eigenvalue weighted by molar-refractivity contribution is 5.85. The molecule has 0 aliphatic carbocycles. The van der Waals surface area contributed by atoms with Gasteiger partial charge >= 0.3 is 0 Å². The van der Waals surface area contributed by atoms with Crippen molar-refractivity contribution in [3.8, 4) is 11.5 Å². The maximum absolute atomic E-state index is 11.5. The SMILES string of the molecule is CNCCC(=O)NCC(O)c1cc(OC)ccc1OC.Cl. The van der Waals surface area contributed by atoms with E-state index in [9.17, 15) is 9.90 Å². The molecule has 1 unspecified atom stereocenters. The summed E-state index contributed by atoms with van der Waals surface area (Å²) in [6, 6.07) is 5.17. The van der Waals surface area contributed by atoms with Crippen molar-refractivity contribution in [2.45, 2.75) is 12.5 Å². The predicted molar refractivity (Wildman–Crippen MR) is 83.3 cm³/mol. The van der Waals surface area contributed by atoms with Gasteiger partial charge in [0.05, 0.1) is 20.3 Å². The van der Waals surface area contributed by atoms with Gasteiger partial charge in [-0.25, -0.2) is 0 Å². The number of amides is 1. The molecule has 1 atom stereocenters. The number of carbonyl (C=O) groups is 1. The minimum Gasteiger partial charge on any atom is -0.497 e. The third-order valence-corrected chi connectivity index (χ3v) is 2.89. The summed E-state index contributed by atoms with van der Waals surface area (Å²) in [7, 11) is 4.87. The van der Waals surface area contributed by atoms with E-state index in [0.717, 1.165) is 0 Å². The highest BCUT2D eigenvalue weighted by Gasteiger charge is 2.15. The second-order valence-corrected chi connectivity index (χ2v) is 4.28. The predicted octanol–water partition coefficient (Wildman–Crippen LogP) is 0.885. The molecule has 0 bridgehead atoms. The zero-order valence-electron chi connectivity index (χ0n) is 12.5. The maximum Gasteiger partial charge on any atom is 0.221 e. The summed E-state index contributed by atoms with van der Waals surface area (Å²) in [6.07, 6.45) is -0.475. The summed E-state index contributed by atoms with van der Waals surface area (Å²) < 4.78 is 10.3. The number of carbonyl (C=O) groups excluding carboxylic acids is 1. The fraction of sp³-hybridized carbons (Fsp3) is 0.500. The van der Waals surface area contributed by atoms with Crippen LogP contribution in [0.25, 0.3) is 0 Å². The molecule has 1 aromatic carbocycles. The van der Waals surface area contributed by atoms with Gasteiger partial charge in [0.2, 0.25) is 5.91 Å². The monoisotopic (exact) mass is 318 g/mol. The molecule has 0 heterocycles. The first-order chi connectivity index (χ1) is 9.62. The summed E-state index contributed by atoms with van der Waals surface area (Å²) >= 11 is 0. The minimum absolute atomic E-state index is 0. The standard InChI is InChI=1S/C14H22N2O4.ClH/c1-15-7-6-14(18)16-9-12(17)11-8-10(19-2)4-5-13(11)20-3;/h4-5,8,12,15,17H,6-7,9H2,1-3H3,(H,16,18);1H. The Balaban J connectivity index is 0.00000400. The Morgan fingerprint density at radius 3 is 2.62 bits per heavy atom. The van der Waals surface area contributed by atoms with Gasteiger partial charge < -0.3 is 25.2 Å². The number of rotatable bonds is 8. The molecule has 0 fully saturated rings. The first-order valence-electron chi connectivity index (χ1n) is 6.43. The zero-order chi connectivity index (χ0) is 15.0. The smallest absolute Gasteiger partial charge is 0.221 e. The van der Waals surface area contributed by atoms with Crippen LogP contribution in [0.15, 0.2) is 18.2 Å². The number of ether oxygens (including phenoxy) is 2. The maximum atomic E-state index is 11.5. The molecule has 21 heavy (non-hydrogen) atoms. The van der Waals surface area contributed by atoms with Gasteiger partial charge in [-0.2, -0.15) is 0 Å². The lowest BCUT2D eigenvalue weighted by atomic mass is 10.1. The molecule has 7 heteroatoms. The summed E-state index contributed by atoms with van der Waals surface area (Å²) in [5, 5.41) is 15.7. The normalized spacial score (nSPS) is 11.2. The Labute approximate surface area is 131 Å². The molecule has 6 nitrogen and oxygen atoms in total. The Bertz CT molecular complexity index is 443. The van der Waals surface area contributed by atoms with E-state index in [0.29, 0.717) is 30.0 Å². The number of aliphatic hydroxyl groups is 1. The molecule has 0 saturated heterocycles. The van der Waals surface area contributed by atoms with Crippen molar-refractivity contribution >= 4 is 18.3 Å². The van der Waals surface area contributed by atoms with E-state index >= 15 is 0 Å². The highest BCUT2D eigenvalue weighted by atomic mass is 35.5. The number of hydrogen-bond acceptors (Lipinski definition) is 5. The van der Waals surface area contributed by atoms with Crippen LogP contribution in [0.5, 0.6) is 11.5 Å². The zero-order valence-corrected chi connectivity index (χ0v) is 13.3. The summed E-state index contributed by atoms with van der Waals surface area (Å²) in [4.78, 5) is 11.5. The Morgan fingerprint density at radius 2 is 2.05 bits per heavy atom. The summed E-state index contributed by atoms with van der Waals surface area (Å²) in [5.41, 5.74) is 0.584. The fourth-order valence-corrected chi connectivity index (χ4v) is 1.75. The van der Waals surface area contributed by atoms with Gasteiger partial charge in [0.25, 0.3) is 0 Å². The third kappa shape index (κ3) is 6.20. The average Bonchev–Trinajstić information content (AvgIpc) is 2.49. The lowest BCUT2D eigenvalue weighted by Gasteiger charge is -2.16. The van der Waals surface area contributed by atoms with Crippen molar-refractivity contribution in [1.29, 1.82) is 0 Å². The molecule has 0 radical (unpaired) electrons. The van der Waals surface area contributed by atoms with E-state index in [4.69, 9.17) is 9.47 Å². The van der Waals surface area contributed by atoms with Crippen LogP contribution in [-0.2, 0) is 4.79 Å². The van der Waals surface area contributed by atoms with Crippen LogP contribution in [0.3, 0.4) is 0 Å². The van der Waals surface area contributed by atoms with E-state index in [-0.39, 0.29) is 24.9 Å². The fourth-order valence-electron chi connectivity index (χ4n) is 1.75. The Hall–Kier alpha value is -1.50. The average molecular weight is 319 g/mol. The van der Waals surface area contributed by atoms with Gasteiger partial charge in [-0.1, -0.05) is 0 Å². The molecule has 0 aliphatic rings. The third-order valence-electron chi connectivity index (χ3n) is 2.89. The molecule has 1 rings (SSSR count). The number of methoxy groups -OCH3 is 2. The van der Waals surface area contributed by atoms with Crippen molar-refractivity contribution in [2.24, 2.45) is 0 Å². The second-order valence-electron chi connectivity index (χ2n) is 4.28. The summed E-state index contributed by atoms with van der Waals surface area (Å²) in [6.45, 7) is 0.733. The van der Waals surface area contributed by atoms with Crippen LogP contribution in [0.2, 0.25) is 0 Å². The minimum atomic E-state index is -0.849. The number of hydrogen-bond donors (Lipinski definition) is 3. The lowest BCUT2D eigenvalue weighted by Crippen LogP contribution is -2.30. The Kier molecular flexibility index (Phi) is 9.53. The van der Waals surface area contributed by atoms with Crippen LogP contribution in [0.4, 0.5) is 0 Å². The molecular weight excluding hydrogens is 296 g/mol. The van der Waals surface area contributed by atoms with E-state index < -0.39 is 6.10 Å². The van der Waals surface area contributed by atoms with Gasteiger partial charge in [-0.05, 0) is 25.2 Å². The first kappa shape index (κ1) is 19.5. The quantitative estimate of drug-likeness (QED) is 0.663. The van der Waals surface area contributed by atoms with E-state index in [1.807, 2.05) is 0 Å². The van der Waals surface area contributed by atoms with Gasteiger partial charge in [-0.3, -0.25) is 4.79 Å². The molecule has 0 spiro atoms. The molecular formula is C14H23ClN2O4. The largest absolute Gasteiger partial charge is 0.497 e. The number of nitrogens with one attached hydrogen (secondary N) is 2. The number of benzene rings is 1.